The predicted molar refractivity (Wildman–Crippen MR) is 69.0 cm³/mol. The summed E-state index contributed by atoms with van der Waals surface area (Å²) in [5.74, 6) is 0. The van der Waals surface area contributed by atoms with Gasteiger partial charge >= 0.3 is 0 Å². The van der Waals surface area contributed by atoms with Crippen LogP contribution in [0.3, 0.4) is 0 Å². The Morgan fingerprint density at radius 1 is 1.44 bits per heavy atom. The summed E-state index contributed by atoms with van der Waals surface area (Å²) in [7, 11) is 0.249. The number of carbonyl (C=O) groups is 1. The molecule has 88 valence electrons. The molecule has 3 nitrogen and oxygen atoms in total. The van der Waals surface area contributed by atoms with Crippen molar-refractivity contribution in [2.45, 2.75) is 13.0 Å². The first-order chi connectivity index (χ1) is 7.62. The van der Waals surface area contributed by atoms with Crippen LogP contribution in [0.4, 0.5) is 0 Å². The summed E-state index contributed by atoms with van der Waals surface area (Å²) in [4.78, 5) is 11.0. The van der Waals surface area contributed by atoms with Crippen molar-refractivity contribution < 1.29 is 9.00 Å². The van der Waals surface area contributed by atoms with Gasteiger partial charge in [0.15, 0.2) is 0 Å². The van der Waals surface area contributed by atoms with E-state index in [1.54, 1.807) is 31.4 Å². The lowest BCUT2D eigenvalue weighted by Crippen LogP contribution is -2.34. The van der Waals surface area contributed by atoms with Gasteiger partial charge in [-0.05, 0) is 12.5 Å². The topological polar surface area (TPSA) is 37.4 Å². The molecule has 4 heteroatoms. The zero-order valence-corrected chi connectivity index (χ0v) is 10.4. The largest absolute Gasteiger partial charge is 0.301 e. The van der Waals surface area contributed by atoms with Crippen LogP contribution in [0, 0.1) is 0 Å². The minimum absolute atomic E-state index is 0.542. The van der Waals surface area contributed by atoms with Crippen molar-refractivity contribution in [1.82, 2.24) is 4.31 Å². The molecule has 0 N–H and O–H groups in total. The molecule has 0 spiro atoms. The summed E-state index contributed by atoms with van der Waals surface area (Å²) in [5.41, 5.74) is 0.771. The van der Waals surface area contributed by atoms with E-state index in [4.69, 9.17) is 0 Å². The van der Waals surface area contributed by atoms with Gasteiger partial charge < -0.3 is 4.79 Å². The van der Waals surface area contributed by atoms with Crippen molar-refractivity contribution in [2.75, 3.05) is 7.05 Å². The Morgan fingerprint density at radius 3 is 2.44 bits per heavy atom. The zero-order valence-electron chi connectivity index (χ0n) is 9.63. The maximum absolute atomic E-state index is 11.5. The van der Waals surface area contributed by atoms with E-state index in [9.17, 15) is 9.00 Å². The maximum atomic E-state index is 11.5. The molecule has 0 aromatic rings. The lowest BCUT2D eigenvalue weighted by molar-refractivity contribution is -0.109. The van der Waals surface area contributed by atoms with E-state index in [-0.39, 0.29) is 0 Å². The Balaban J connectivity index is 5.02. The highest BCUT2D eigenvalue weighted by molar-refractivity contribution is 7.85. The Hall–Kier alpha value is -1.26. The molecule has 2 atom stereocenters. The van der Waals surface area contributed by atoms with Crippen molar-refractivity contribution in [3.8, 4) is 0 Å². The van der Waals surface area contributed by atoms with E-state index in [1.165, 1.54) is 9.71 Å². The smallest absolute Gasteiger partial charge is 0.142 e. The first kappa shape index (κ1) is 14.7. The van der Waals surface area contributed by atoms with E-state index in [0.717, 1.165) is 11.9 Å². The monoisotopic (exact) mass is 239 g/mol. The van der Waals surface area contributed by atoms with Crippen LogP contribution < -0.4 is 0 Å². The molecule has 0 aliphatic rings. The fourth-order valence-electron chi connectivity index (χ4n) is 1.15. The van der Waals surface area contributed by atoms with Gasteiger partial charge in [-0.2, -0.15) is 0 Å². The second kappa shape index (κ2) is 7.96. The first-order valence-electron chi connectivity index (χ1n) is 4.79. The lowest BCUT2D eigenvalue weighted by Gasteiger charge is -2.21. The molecule has 2 unspecified atom stereocenters. The number of aldehydes is 1. The number of carbonyl (C=O) groups excluding carboxylic acids is 1. The van der Waals surface area contributed by atoms with Crippen LogP contribution in [-0.4, -0.2) is 27.9 Å². The number of hydrogen-bond donors (Lipinski definition) is 0. The molecule has 0 heterocycles. The third-order valence-electron chi connectivity index (χ3n) is 2.05. The number of nitrogens with zero attached hydrogens (tertiary/aromatic N) is 1. The van der Waals surface area contributed by atoms with Crippen LogP contribution in [0.15, 0.2) is 48.4 Å². The van der Waals surface area contributed by atoms with Gasteiger partial charge in [-0.15, -0.1) is 0 Å². The third kappa shape index (κ3) is 4.08. The molecule has 0 amide bonds. The number of hydrogen-bond acceptors (Lipinski definition) is 2. The van der Waals surface area contributed by atoms with Gasteiger partial charge in [-0.25, -0.2) is 8.51 Å². The molecular formula is C12H17NO2S. The molecule has 0 saturated carbocycles. The Labute approximate surface area is 99.4 Å². The summed E-state index contributed by atoms with van der Waals surface area (Å²) >= 11 is 0. The molecule has 0 aromatic carbocycles. The van der Waals surface area contributed by atoms with Crippen molar-refractivity contribution in [1.29, 1.82) is 0 Å². The number of allylic oxidation sites excluding steroid dienone is 3. The minimum atomic E-state index is -1.36. The standard InChI is InChI=1S/C12H17NO2S/c1-5-8-9-11(6-2)12(10-14)13(4)16(15)7-3/h5-10,12H,1,3H2,2,4H3/b9-8-,11-6+. The van der Waals surface area contributed by atoms with Gasteiger partial charge in [-0.1, -0.05) is 37.5 Å². The summed E-state index contributed by atoms with van der Waals surface area (Å²) in [6, 6.07) is -0.542. The SMILES string of the molecule is C=C/C=C\C(=C/C)C(C=O)N(C)S(=O)C=C. The maximum Gasteiger partial charge on any atom is 0.142 e. The second-order valence-electron chi connectivity index (χ2n) is 2.95. The van der Waals surface area contributed by atoms with Crippen LogP contribution in [0.25, 0.3) is 0 Å². The molecule has 0 rings (SSSR count). The fraction of sp³-hybridized carbons (Fsp3) is 0.250. The highest BCUT2D eigenvalue weighted by Gasteiger charge is 2.19. The van der Waals surface area contributed by atoms with E-state index < -0.39 is 17.0 Å². The quantitative estimate of drug-likeness (QED) is 0.503. The van der Waals surface area contributed by atoms with Crippen LogP contribution in [0.1, 0.15) is 6.92 Å². The average Bonchev–Trinajstić information content (AvgIpc) is 2.32. The second-order valence-corrected chi connectivity index (χ2v) is 4.42. The molecule has 0 fully saturated rings. The van der Waals surface area contributed by atoms with Gasteiger partial charge in [0.1, 0.15) is 23.3 Å². The van der Waals surface area contributed by atoms with Crippen LogP contribution >= 0.6 is 0 Å². The van der Waals surface area contributed by atoms with E-state index >= 15 is 0 Å². The number of likely N-dealkylation sites (N-methyl/N-ethyl adjacent to an activating group) is 1. The number of rotatable bonds is 7. The highest BCUT2D eigenvalue weighted by Crippen LogP contribution is 2.11. The van der Waals surface area contributed by atoms with Crippen molar-refractivity contribution in [3.63, 3.8) is 0 Å². The van der Waals surface area contributed by atoms with Crippen molar-refractivity contribution in [3.05, 3.63) is 48.4 Å². The lowest BCUT2D eigenvalue weighted by atomic mass is 10.1. The fourth-order valence-corrected chi connectivity index (χ4v) is 1.78. The average molecular weight is 239 g/mol. The van der Waals surface area contributed by atoms with Gasteiger partial charge in [0.05, 0.1) is 0 Å². The molecule has 0 aliphatic heterocycles. The molecule has 0 saturated heterocycles. The Kier molecular flexibility index (Phi) is 7.33. The molecule has 16 heavy (non-hydrogen) atoms. The van der Waals surface area contributed by atoms with Crippen LogP contribution in [0.5, 0.6) is 0 Å². The molecular weight excluding hydrogens is 222 g/mol. The summed E-state index contributed by atoms with van der Waals surface area (Å²) in [6.45, 7) is 8.81. The van der Waals surface area contributed by atoms with Crippen molar-refractivity contribution in [2.24, 2.45) is 0 Å². The minimum Gasteiger partial charge on any atom is -0.301 e. The van der Waals surface area contributed by atoms with E-state index in [1.807, 2.05) is 6.92 Å². The summed E-state index contributed by atoms with van der Waals surface area (Å²) < 4.78 is 12.9. The molecule has 0 aliphatic carbocycles. The van der Waals surface area contributed by atoms with Crippen molar-refractivity contribution >= 4 is 17.3 Å². The van der Waals surface area contributed by atoms with Gasteiger partial charge in [0.2, 0.25) is 0 Å². The molecule has 0 aromatic heterocycles. The van der Waals surface area contributed by atoms with Gasteiger partial charge in [-0.3, -0.25) is 0 Å². The molecule has 0 bridgehead atoms. The van der Waals surface area contributed by atoms with E-state index in [0.29, 0.717) is 0 Å². The Morgan fingerprint density at radius 2 is 2.06 bits per heavy atom. The summed E-state index contributed by atoms with van der Waals surface area (Å²) in [5, 5.41) is 1.29. The Bertz CT molecular complexity index is 345. The van der Waals surface area contributed by atoms with Gasteiger partial charge in [0, 0.05) is 12.5 Å². The van der Waals surface area contributed by atoms with E-state index in [2.05, 4.69) is 13.2 Å². The summed E-state index contributed by atoms with van der Waals surface area (Å²) in [6.07, 6.45) is 7.68. The highest BCUT2D eigenvalue weighted by atomic mass is 32.2. The van der Waals surface area contributed by atoms with Crippen LogP contribution in [0.2, 0.25) is 0 Å². The first-order valence-corrected chi connectivity index (χ1v) is 5.96. The normalized spacial score (nSPS) is 16.1. The zero-order chi connectivity index (χ0) is 12.6. The third-order valence-corrected chi connectivity index (χ3v) is 3.13. The molecule has 0 radical (unpaired) electrons. The van der Waals surface area contributed by atoms with Gasteiger partial charge in [0.25, 0.3) is 0 Å². The predicted octanol–water partition coefficient (Wildman–Crippen LogP) is 1.98. The van der Waals surface area contributed by atoms with Crippen LogP contribution in [-0.2, 0) is 15.8 Å².